The van der Waals surface area contributed by atoms with Crippen LogP contribution in [-0.4, -0.2) is 6.54 Å². The number of nitrogens with one attached hydrogen (secondary N) is 1. The van der Waals surface area contributed by atoms with Crippen LogP contribution in [0.15, 0.2) is 18.2 Å². The average molecular weight is 212 g/mol. The fraction of sp³-hybridized carbons (Fsp3) is 0.357. The second kappa shape index (κ2) is 6.67. The summed E-state index contributed by atoms with van der Waals surface area (Å²) in [7, 11) is 0. The van der Waals surface area contributed by atoms with E-state index in [2.05, 4.69) is 17.3 Å². The van der Waals surface area contributed by atoms with Crippen LogP contribution in [-0.2, 0) is 6.54 Å². The van der Waals surface area contributed by atoms with Crippen LogP contribution in [0.2, 0.25) is 0 Å². The third-order valence-corrected chi connectivity index (χ3v) is 2.46. The Bertz CT molecular complexity index is 421. The molecule has 0 aliphatic heterocycles. The summed E-state index contributed by atoms with van der Waals surface area (Å²) in [6.45, 7) is 3.80. The molecule has 1 rings (SSSR count). The van der Waals surface area contributed by atoms with E-state index in [1.165, 1.54) is 5.56 Å². The van der Waals surface area contributed by atoms with E-state index in [0.29, 0.717) is 5.56 Å². The molecule has 0 saturated carbocycles. The van der Waals surface area contributed by atoms with Gasteiger partial charge < -0.3 is 5.32 Å². The lowest BCUT2D eigenvalue weighted by molar-refractivity contribution is 0.657. The van der Waals surface area contributed by atoms with E-state index in [-0.39, 0.29) is 0 Å². The van der Waals surface area contributed by atoms with Crippen molar-refractivity contribution in [2.45, 2.75) is 26.3 Å². The zero-order valence-corrected chi connectivity index (χ0v) is 9.59. The van der Waals surface area contributed by atoms with Crippen molar-refractivity contribution in [2.75, 3.05) is 6.54 Å². The van der Waals surface area contributed by atoms with Gasteiger partial charge in [0.05, 0.1) is 11.6 Å². The molecule has 0 saturated heterocycles. The lowest BCUT2D eigenvalue weighted by atomic mass is 10.1. The van der Waals surface area contributed by atoms with Gasteiger partial charge in [-0.3, -0.25) is 0 Å². The Morgan fingerprint density at radius 2 is 2.25 bits per heavy atom. The highest BCUT2D eigenvalue weighted by atomic mass is 14.8. The van der Waals surface area contributed by atoms with Crippen molar-refractivity contribution < 1.29 is 0 Å². The van der Waals surface area contributed by atoms with Crippen molar-refractivity contribution in [1.29, 1.82) is 5.26 Å². The maximum atomic E-state index is 8.74. The van der Waals surface area contributed by atoms with Crippen molar-refractivity contribution in [2.24, 2.45) is 0 Å². The minimum absolute atomic E-state index is 0.716. The maximum absolute atomic E-state index is 8.74. The first-order valence-corrected chi connectivity index (χ1v) is 5.41. The molecule has 0 aromatic heterocycles. The molecule has 0 unspecified atom stereocenters. The Morgan fingerprint density at radius 1 is 1.44 bits per heavy atom. The van der Waals surface area contributed by atoms with Crippen LogP contribution in [0.4, 0.5) is 0 Å². The highest BCUT2D eigenvalue weighted by Crippen LogP contribution is 2.10. The van der Waals surface area contributed by atoms with E-state index in [1.807, 2.05) is 25.1 Å². The molecule has 0 aliphatic rings. The number of nitriles is 1. The first-order valence-electron chi connectivity index (χ1n) is 5.41. The highest BCUT2D eigenvalue weighted by Gasteiger charge is 1.99. The van der Waals surface area contributed by atoms with Gasteiger partial charge in [0.1, 0.15) is 0 Å². The second-order valence-electron chi connectivity index (χ2n) is 3.74. The number of unbranched alkanes of at least 4 members (excludes halogenated alkanes) is 1. The molecule has 0 radical (unpaired) electrons. The van der Waals surface area contributed by atoms with Gasteiger partial charge in [0.2, 0.25) is 0 Å². The summed E-state index contributed by atoms with van der Waals surface area (Å²) in [5, 5.41) is 12.1. The van der Waals surface area contributed by atoms with Gasteiger partial charge in [0, 0.05) is 13.0 Å². The quantitative estimate of drug-likeness (QED) is 0.601. The summed E-state index contributed by atoms with van der Waals surface area (Å²) in [6, 6.07) is 7.91. The van der Waals surface area contributed by atoms with Crippen LogP contribution in [0.1, 0.15) is 29.5 Å². The first kappa shape index (κ1) is 12.3. The van der Waals surface area contributed by atoms with Crippen molar-refractivity contribution in [1.82, 2.24) is 5.32 Å². The van der Waals surface area contributed by atoms with Gasteiger partial charge in [0.15, 0.2) is 0 Å². The lowest BCUT2D eigenvalue weighted by Crippen LogP contribution is -2.15. The summed E-state index contributed by atoms with van der Waals surface area (Å²) >= 11 is 0. The molecule has 1 aromatic rings. The Morgan fingerprint density at radius 3 is 2.88 bits per heavy atom. The van der Waals surface area contributed by atoms with Crippen LogP contribution in [0.3, 0.4) is 0 Å². The van der Waals surface area contributed by atoms with Crippen molar-refractivity contribution in [3.63, 3.8) is 0 Å². The largest absolute Gasteiger partial charge is 0.313 e. The van der Waals surface area contributed by atoms with Gasteiger partial charge >= 0.3 is 0 Å². The van der Waals surface area contributed by atoms with Gasteiger partial charge in [-0.1, -0.05) is 6.07 Å². The molecular formula is C14H16N2. The number of benzene rings is 1. The van der Waals surface area contributed by atoms with E-state index < -0.39 is 0 Å². The van der Waals surface area contributed by atoms with Crippen LogP contribution in [0.5, 0.6) is 0 Å². The third kappa shape index (κ3) is 3.77. The summed E-state index contributed by atoms with van der Waals surface area (Å²) in [5.41, 5.74) is 3.11. The fourth-order valence-electron chi connectivity index (χ4n) is 1.50. The molecule has 0 heterocycles. The molecule has 16 heavy (non-hydrogen) atoms. The zero-order valence-electron chi connectivity index (χ0n) is 9.59. The molecule has 1 N–H and O–H groups in total. The minimum Gasteiger partial charge on any atom is -0.313 e. The Hall–Kier alpha value is -1.77. The number of aryl methyl sites for hydroxylation is 1. The zero-order chi connectivity index (χ0) is 11.8. The monoisotopic (exact) mass is 212 g/mol. The molecule has 0 bridgehead atoms. The van der Waals surface area contributed by atoms with Crippen molar-refractivity contribution >= 4 is 0 Å². The molecule has 0 atom stereocenters. The predicted octanol–water partition coefficient (Wildman–Crippen LogP) is 2.37. The minimum atomic E-state index is 0.716. The number of rotatable bonds is 5. The highest BCUT2D eigenvalue weighted by molar-refractivity contribution is 5.37. The average Bonchev–Trinajstić information content (AvgIpc) is 2.30. The molecule has 0 aliphatic carbocycles. The second-order valence-corrected chi connectivity index (χ2v) is 3.74. The smallest absolute Gasteiger partial charge is 0.0991 e. The van der Waals surface area contributed by atoms with Crippen LogP contribution in [0, 0.1) is 30.6 Å². The number of nitrogens with zero attached hydrogens (tertiary/aromatic N) is 1. The standard InChI is InChI=1S/C14H16N2/c1-3-4-5-8-16-11-14-7-6-13(10-15)9-12(14)2/h1,6-7,9,16H,4-5,8,11H2,2H3. The molecule has 82 valence electrons. The Balaban J connectivity index is 2.43. The first-order chi connectivity index (χ1) is 7.77. The molecule has 0 amide bonds. The van der Waals surface area contributed by atoms with E-state index in [9.17, 15) is 0 Å². The van der Waals surface area contributed by atoms with E-state index >= 15 is 0 Å². The molecule has 2 heteroatoms. The number of hydrogen-bond donors (Lipinski definition) is 1. The predicted molar refractivity (Wildman–Crippen MR) is 65.7 cm³/mol. The van der Waals surface area contributed by atoms with E-state index in [1.54, 1.807) is 0 Å². The summed E-state index contributed by atoms with van der Waals surface area (Å²) < 4.78 is 0. The summed E-state index contributed by atoms with van der Waals surface area (Å²) in [6.07, 6.45) is 6.99. The Labute approximate surface area is 97.3 Å². The van der Waals surface area contributed by atoms with Crippen molar-refractivity contribution in [3.05, 3.63) is 34.9 Å². The fourth-order valence-corrected chi connectivity index (χ4v) is 1.50. The van der Waals surface area contributed by atoms with Gasteiger partial charge in [-0.25, -0.2) is 0 Å². The van der Waals surface area contributed by atoms with Crippen LogP contribution < -0.4 is 5.32 Å². The van der Waals surface area contributed by atoms with Crippen molar-refractivity contribution in [3.8, 4) is 18.4 Å². The molecule has 1 aromatic carbocycles. The third-order valence-electron chi connectivity index (χ3n) is 2.46. The van der Waals surface area contributed by atoms with Gasteiger partial charge in [-0.05, 0) is 43.1 Å². The SMILES string of the molecule is C#CCCCNCc1ccc(C#N)cc1C. The van der Waals surface area contributed by atoms with Gasteiger partial charge in [0.25, 0.3) is 0 Å². The number of hydrogen-bond acceptors (Lipinski definition) is 2. The van der Waals surface area contributed by atoms with E-state index in [0.717, 1.165) is 31.5 Å². The molecule has 0 spiro atoms. The molecule has 2 nitrogen and oxygen atoms in total. The molecular weight excluding hydrogens is 196 g/mol. The number of terminal acetylenes is 1. The topological polar surface area (TPSA) is 35.8 Å². The van der Waals surface area contributed by atoms with E-state index in [4.69, 9.17) is 11.7 Å². The normalized spacial score (nSPS) is 9.44. The lowest BCUT2D eigenvalue weighted by Gasteiger charge is -2.07. The summed E-state index contributed by atoms with van der Waals surface area (Å²) in [5.74, 6) is 2.62. The van der Waals surface area contributed by atoms with Crippen LogP contribution >= 0.6 is 0 Å². The Kier molecular flexibility index (Phi) is 5.12. The molecule has 0 fully saturated rings. The van der Waals surface area contributed by atoms with Gasteiger partial charge in [-0.15, -0.1) is 12.3 Å². The maximum Gasteiger partial charge on any atom is 0.0991 e. The summed E-state index contributed by atoms with van der Waals surface area (Å²) in [4.78, 5) is 0. The van der Waals surface area contributed by atoms with Crippen LogP contribution in [0.25, 0.3) is 0 Å². The van der Waals surface area contributed by atoms with Gasteiger partial charge in [-0.2, -0.15) is 5.26 Å².